The molecule has 0 spiro atoms. The van der Waals surface area contributed by atoms with Crippen molar-refractivity contribution in [2.45, 2.75) is 50.9 Å². The number of hydrogen-bond acceptors (Lipinski definition) is 6. The minimum absolute atomic E-state index is 0.143. The molecule has 1 aromatic rings. The van der Waals surface area contributed by atoms with Gasteiger partial charge in [0.25, 0.3) is 0 Å². The molecule has 1 atom stereocenters. The molecule has 1 amide bonds. The zero-order valence-electron chi connectivity index (χ0n) is 15.1. The van der Waals surface area contributed by atoms with E-state index >= 15 is 0 Å². The van der Waals surface area contributed by atoms with Crippen molar-refractivity contribution in [3.8, 4) is 5.75 Å². The van der Waals surface area contributed by atoms with Gasteiger partial charge in [0.1, 0.15) is 11.7 Å². The maximum Gasteiger partial charge on any atom is 0.408 e. The SMILES string of the molecule is COc1ccc(C(OC)C2(NC(=O)OC(C)(C)C)CC2)cc1[N+](=O)[O-]. The number of alkyl carbamates (subject to hydrolysis) is 1. The fraction of sp³-hybridized carbons (Fsp3) is 0.588. The summed E-state index contributed by atoms with van der Waals surface area (Å²) in [6.45, 7) is 5.35. The molecule has 1 saturated carbocycles. The highest BCUT2D eigenvalue weighted by Crippen LogP contribution is 2.49. The molecule has 0 bridgehead atoms. The molecule has 1 aliphatic rings. The minimum atomic E-state index is -0.625. The molecular weight excluding hydrogens is 328 g/mol. The van der Waals surface area contributed by atoms with Crippen molar-refractivity contribution in [1.82, 2.24) is 5.32 Å². The summed E-state index contributed by atoms with van der Waals surface area (Å²) in [4.78, 5) is 22.9. The Kier molecular flexibility index (Phi) is 5.22. The van der Waals surface area contributed by atoms with E-state index in [1.807, 2.05) is 0 Å². The average Bonchev–Trinajstić information content (AvgIpc) is 3.25. The van der Waals surface area contributed by atoms with Gasteiger partial charge in [-0.3, -0.25) is 10.1 Å². The third kappa shape index (κ3) is 4.39. The molecule has 0 heterocycles. The van der Waals surface area contributed by atoms with Crippen molar-refractivity contribution in [3.05, 3.63) is 33.9 Å². The summed E-state index contributed by atoms with van der Waals surface area (Å²) in [6.07, 6.45) is 0.342. The van der Waals surface area contributed by atoms with Gasteiger partial charge in [0, 0.05) is 13.2 Å². The maximum atomic E-state index is 12.1. The Morgan fingerprint density at radius 1 is 1.32 bits per heavy atom. The highest BCUT2D eigenvalue weighted by atomic mass is 16.6. The summed E-state index contributed by atoms with van der Waals surface area (Å²) < 4.78 is 15.9. The van der Waals surface area contributed by atoms with Crippen LogP contribution in [0.5, 0.6) is 5.75 Å². The first-order chi connectivity index (χ1) is 11.6. The van der Waals surface area contributed by atoms with Gasteiger partial charge in [0.2, 0.25) is 0 Å². The zero-order chi connectivity index (χ0) is 18.8. The number of carbonyl (C=O) groups excluding carboxylic acids is 1. The third-order valence-electron chi connectivity index (χ3n) is 3.98. The van der Waals surface area contributed by atoms with Crippen LogP contribution in [0, 0.1) is 10.1 Å². The van der Waals surface area contributed by atoms with Crippen molar-refractivity contribution in [2.75, 3.05) is 14.2 Å². The number of benzene rings is 1. The van der Waals surface area contributed by atoms with Gasteiger partial charge in [-0.15, -0.1) is 0 Å². The van der Waals surface area contributed by atoms with E-state index < -0.39 is 28.3 Å². The van der Waals surface area contributed by atoms with E-state index in [1.165, 1.54) is 26.4 Å². The lowest BCUT2D eigenvalue weighted by Crippen LogP contribution is -2.44. The van der Waals surface area contributed by atoms with E-state index in [2.05, 4.69) is 5.32 Å². The summed E-state index contributed by atoms with van der Waals surface area (Å²) in [5, 5.41) is 14.1. The zero-order valence-corrected chi connectivity index (χ0v) is 15.1. The number of amides is 1. The number of nitrogens with zero attached hydrogens (tertiary/aromatic N) is 1. The highest BCUT2D eigenvalue weighted by Gasteiger charge is 2.52. The van der Waals surface area contributed by atoms with Crippen LogP contribution in [0.1, 0.15) is 45.3 Å². The van der Waals surface area contributed by atoms with E-state index in [0.717, 1.165) is 0 Å². The standard InChI is InChI=1S/C17H24N2O6/c1-16(2,3)25-15(20)18-17(8-9-17)14(24-5)11-6-7-13(23-4)12(10-11)19(21)22/h6-7,10,14H,8-9H2,1-5H3,(H,18,20). The predicted octanol–water partition coefficient (Wildman–Crippen LogP) is 3.35. The molecule has 0 saturated heterocycles. The number of nitro groups is 1. The van der Waals surface area contributed by atoms with Crippen molar-refractivity contribution >= 4 is 11.8 Å². The van der Waals surface area contributed by atoms with Gasteiger partial charge in [-0.1, -0.05) is 6.07 Å². The highest BCUT2D eigenvalue weighted by molar-refractivity contribution is 5.70. The first-order valence-electron chi connectivity index (χ1n) is 7.98. The van der Waals surface area contributed by atoms with E-state index in [-0.39, 0.29) is 11.4 Å². The summed E-state index contributed by atoms with van der Waals surface area (Å²) in [5.41, 5.74) is -0.778. The largest absolute Gasteiger partial charge is 0.490 e. The summed E-state index contributed by atoms with van der Waals surface area (Å²) in [6, 6.07) is 4.66. The Bertz CT molecular complexity index is 664. The first-order valence-corrected chi connectivity index (χ1v) is 7.98. The maximum absolute atomic E-state index is 12.1. The Morgan fingerprint density at radius 2 is 1.96 bits per heavy atom. The second-order valence-corrected chi connectivity index (χ2v) is 7.09. The molecule has 1 unspecified atom stereocenters. The van der Waals surface area contributed by atoms with Gasteiger partial charge in [-0.25, -0.2) is 4.79 Å². The number of nitrogens with one attached hydrogen (secondary N) is 1. The molecule has 0 aromatic heterocycles. The summed E-state index contributed by atoms with van der Waals surface area (Å²) in [5.74, 6) is 0.175. The van der Waals surface area contributed by atoms with Crippen LogP contribution in [0.2, 0.25) is 0 Å². The second-order valence-electron chi connectivity index (χ2n) is 7.09. The molecule has 25 heavy (non-hydrogen) atoms. The average molecular weight is 352 g/mol. The van der Waals surface area contributed by atoms with E-state index in [9.17, 15) is 14.9 Å². The van der Waals surface area contributed by atoms with Crippen LogP contribution in [0.4, 0.5) is 10.5 Å². The smallest absolute Gasteiger partial charge is 0.408 e. The number of ether oxygens (including phenoxy) is 3. The topological polar surface area (TPSA) is 99.9 Å². The molecule has 1 aliphatic carbocycles. The van der Waals surface area contributed by atoms with Gasteiger partial charge >= 0.3 is 11.8 Å². The molecule has 0 radical (unpaired) electrons. The van der Waals surface area contributed by atoms with Gasteiger partial charge in [-0.05, 0) is 45.2 Å². The lowest BCUT2D eigenvalue weighted by Gasteiger charge is -2.29. The molecule has 0 aliphatic heterocycles. The molecule has 2 rings (SSSR count). The molecule has 1 fully saturated rings. The van der Waals surface area contributed by atoms with E-state index in [0.29, 0.717) is 18.4 Å². The third-order valence-corrected chi connectivity index (χ3v) is 3.98. The van der Waals surface area contributed by atoms with Crippen LogP contribution in [-0.4, -0.2) is 36.4 Å². The molecule has 1 N–H and O–H groups in total. The normalized spacial score (nSPS) is 16.7. The number of carbonyl (C=O) groups is 1. The van der Waals surface area contributed by atoms with Crippen LogP contribution in [0.15, 0.2) is 18.2 Å². The van der Waals surface area contributed by atoms with E-state index in [1.54, 1.807) is 26.8 Å². The Morgan fingerprint density at radius 3 is 2.40 bits per heavy atom. The Labute approximate surface area is 146 Å². The van der Waals surface area contributed by atoms with E-state index in [4.69, 9.17) is 14.2 Å². The monoisotopic (exact) mass is 352 g/mol. The van der Waals surface area contributed by atoms with Gasteiger partial charge in [-0.2, -0.15) is 0 Å². The van der Waals surface area contributed by atoms with Crippen LogP contribution >= 0.6 is 0 Å². The van der Waals surface area contributed by atoms with Crippen LogP contribution in [0.3, 0.4) is 0 Å². The molecule has 138 valence electrons. The molecule has 1 aromatic carbocycles. The van der Waals surface area contributed by atoms with Gasteiger partial charge in [0.15, 0.2) is 5.75 Å². The van der Waals surface area contributed by atoms with Crippen molar-refractivity contribution in [2.24, 2.45) is 0 Å². The first kappa shape index (κ1) is 19.0. The quantitative estimate of drug-likeness (QED) is 0.622. The predicted molar refractivity (Wildman–Crippen MR) is 90.7 cm³/mol. The second kappa shape index (κ2) is 6.87. The molecule has 8 heteroatoms. The fourth-order valence-corrected chi connectivity index (χ4v) is 2.79. The van der Waals surface area contributed by atoms with Crippen molar-refractivity contribution in [1.29, 1.82) is 0 Å². The van der Waals surface area contributed by atoms with Crippen molar-refractivity contribution < 1.29 is 23.9 Å². The van der Waals surface area contributed by atoms with Crippen LogP contribution in [0.25, 0.3) is 0 Å². The number of nitro benzene ring substituents is 1. The fourth-order valence-electron chi connectivity index (χ4n) is 2.79. The molecular formula is C17H24N2O6. The summed E-state index contributed by atoms with van der Waals surface area (Å²) >= 11 is 0. The van der Waals surface area contributed by atoms with Crippen LogP contribution in [-0.2, 0) is 9.47 Å². The molecule has 8 nitrogen and oxygen atoms in total. The Balaban J connectivity index is 2.26. The Hall–Kier alpha value is -2.35. The number of rotatable bonds is 6. The number of methoxy groups -OCH3 is 2. The van der Waals surface area contributed by atoms with Gasteiger partial charge in [0.05, 0.1) is 17.6 Å². The lowest BCUT2D eigenvalue weighted by molar-refractivity contribution is -0.385. The van der Waals surface area contributed by atoms with Crippen LogP contribution < -0.4 is 10.1 Å². The lowest BCUT2D eigenvalue weighted by atomic mass is 9.99. The summed E-state index contributed by atoms with van der Waals surface area (Å²) in [7, 11) is 2.89. The minimum Gasteiger partial charge on any atom is -0.490 e. The number of hydrogen-bond donors (Lipinski definition) is 1. The van der Waals surface area contributed by atoms with Gasteiger partial charge < -0.3 is 19.5 Å². The van der Waals surface area contributed by atoms with Crippen molar-refractivity contribution in [3.63, 3.8) is 0 Å².